The summed E-state index contributed by atoms with van der Waals surface area (Å²) in [5.41, 5.74) is 1.28. The minimum absolute atomic E-state index is 0.0633. The molecule has 186 valence electrons. The Kier molecular flexibility index (Phi) is 7.22. The normalized spacial score (nSPS) is 17.8. The van der Waals surface area contributed by atoms with Crippen molar-refractivity contribution in [2.24, 2.45) is 0 Å². The van der Waals surface area contributed by atoms with Crippen molar-refractivity contribution in [3.05, 3.63) is 89.2 Å². The van der Waals surface area contributed by atoms with Gasteiger partial charge in [0.15, 0.2) is 0 Å². The van der Waals surface area contributed by atoms with E-state index in [1.165, 1.54) is 11.0 Å². The Morgan fingerprint density at radius 3 is 2.56 bits per heavy atom. The van der Waals surface area contributed by atoms with Crippen molar-refractivity contribution in [3.8, 4) is 0 Å². The number of nitrogens with zero attached hydrogens (tertiary/aromatic N) is 2. The van der Waals surface area contributed by atoms with Gasteiger partial charge in [0.2, 0.25) is 0 Å². The number of carbonyl (C=O) groups is 2. The van der Waals surface area contributed by atoms with E-state index in [0.717, 1.165) is 13.1 Å². The summed E-state index contributed by atoms with van der Waals surface area (Å²) >= 11 is 0. The van der Waals surface area contributed by atoms with Crippen molar-refractivity contribution in [3.63, 3.8) is 0 Å². The highest BCUT2D eigenvalue weighted by Crippen LogP contribution is 2.36. The highest BCUT2D eigenvalue weighted by molar-refractivity contribution is 7.85. The Bertz CT molecular complexity index is 1330. The van der Waals surface area contributed by atoms with Gasteiger partial charge < -0.3 is 15.0 Å². The van der Waals surface area contributed by atoms with E-state index >= 15 is 0 Å². The lowest BCUT2D eigenvalue weighted by atomic mass is 10.1. The molecule has 0 saturated carbocycles. The van der Waals surface area contributed by atoms with Crippen LogP contribution in [0, 0.1) is 5.82 Å². The zero-order valence-corrected chi connectivity index (χ0v) is 20.4. The van der Waals surface area contributed by atoms with Gasteiger partial charge in [-0.3, -0.25) is 14.5 Å². The van der Waals surface area contributed by atoms with E-state index in [2.05, 4.69) is 10.2 Å². The van der Waals surface area contributed by atoms with Crippen molar-refractivity contribution in [2.45, 2.75) is 16.3 Å². The van der Waals surface area contributed by atoms with Crippen molar-refractivity contribution in [2.75, 3.05) is 44.3 Å². The quantitative estimate of drug-likeness (QED) is 0.555. The Morgan fingerprint density at radius 1 is 1.00 bits per heavy atom. The summed E-state index contributed by atoms with van der Waals surface area (Å²) < 4.78 is 33.4. The number of carbonyl (C=O) groups excluding carboxylic acids is 2. The first-order chi connectivity index (χ1) is 17.5. The number of amides is 2. The zero-order valence-electron chi connectivity index (χ0n) is 19.6. The molecule has 7 nitrogen and oxygen atoms in total. The fraction of sp³-hybridized carbons (Fsp3) is 0.259. The summed E-state index contributed by atoms with van der Waals surface area (Å²) in [7, 11) is -1.65. The Labute approximate surface area is 211 Å². The van der Waals surface area contributed by atoms with Crippen LogP contribution >= 0.6 is 0 Å². The third kappa shape index (κ3) is 4.95. The van der Waals surface area contributed by atoms with Gasteiger partial charge >= 0.3 is 0 Å². The van der Waals surface area contributed by atoms with Gasteiger partial charge in [0.05, 0.1) is 51.6 Å². The van der Waals surface area contributed by atoms with Crippen molar-refractivity contribution >= 4 is 28.3 Å². The molecule has 0 bridgehead atoms. The van der Waals surface area contributed by atoms with Gasteiger partial charge in [-0.2, -0.15) is 0 Å². The lowest BCUT2D eigenvalue weighted by Crippen LogP contribution is -2.41. The summed E-state index contributed by atoms with van der Waals surface area (Å²) in [5.74, 6) is -1.13. The van der Waals surface area contributed by atoms with Gasteiger partial charge in [-0.15, -0.1) is 0 Å². The fourth-order valence-corrected chi connectivity index (χ4v) is 5.76. The molecule has 5 rings (SSSR count). The summed E-state index contributed by atoms with van der Waals surface area (Å²) in [6.07, 6.45) is 0. The zero-order chi connectivity index (χ0) is 25.1. The molecule has 0 aromatic heterocycles. The molecule has 2 aliphatic rings. The Hall–Kier alpha value is -3.40. The molecule has 1 fully saturated rings. The standard InChI is InChI=1S/C27H26FN3O4S/c28-22-7-3-1-5-20(22)18-31-23-17-19(26(32)29-11-12-30-13-15-35-16-14-30)9-10-25(23)36(34)24-8-4-2-6-21(24)27(31)33/h1-10,17H,11-16,18H2,(H,29,32)/t36-/m1/s1. The number of anilines is 1. The van der Waals surface area contributed by atoms with E-state index in [1.807, 2.05) is 0 Å². The van der Waals surface area contributed by atoms with E-state index in [0.29, 0.717) is 58.5 Å². The Balaban J connectivity index is 1.46. The average molecular weight is 508 g/mol. The molecule has 0 radical (unpaired) electrons. The largest absolute Gasteiger partial charge is 0.379 e. The molecule has 3 aromatic rings. The topological polar surface area (TPSA) is 79.0 Å². The molecule has 3 aromatic carbocycles. The molecular formula is C27H26FN3O4S. The molecule has 2 amide bonds. The van der Waals surface area contributed by atoms with E-state index in [4.69, 9.17) is 4.74 Å². The molecule has 1 saturated heterocycles. The van der Waals surface area contributed by atoms with Crippen LogP contribution in [0.2, 0.25) is 0 Å². The van der Waals surface area contributed by atoms with E-state index in [-0.39, 0.29) is 12.5 Å². The number of ether oxygens (including phenoxy) is 1. The number of hydrogen-bond acceptors (Lipinski definition) is 5. The Morgan fingerprint density at radius 2 is 1.75 bits per heavy atom. The van der Waals surface area contributed by atoms with Crippen LogP contribution < -0.4 is 10.2 Å². The maximum atomic E-state index is 14.5. The highest BCUT2D eigenvalue weighted by Gasteiger charge is 2.32. The summed E-state index contributed by atoms with van der Waals surface area (Å²) in [6, 6.07) is 17.7. The van der Waals surface area contributed by atoms with Gasteiger partial charge in [0.25, 0.3) is 11.8 Å². The van der Waals surface area contributed by atoms with Crippen molar-refractivity contribution < 1.29 is 22.9 Å². The molecule has 0 aliphatic carbocycles. The predicted octanol–water partition coefficient (Wildman–Crippen LogP) is 3.21. The first-order valence-electron chi connectivity index (χ1n) is 11.8. The third-order valence-electron chi connectivity index (χ3n) is 6.38. The van der Waals surface area contributed by atoms with Gasteiger partial charge in [-0.1, -0.05) is 30.3 Å². The van der Waals surface area contributed by atoms with Crippen LogP contribution in [0.15, 0.2) is 76.5 Å². The number of hydrogen-bond donors (Lipinski definition) is 1. The second-order valence-corrected chi connectivity index (χ2v) is 10.1. The second kappa shape index (κ2) is 10.7. The summed E-state index contributed by atoms with van der Waals surface area (Å²) in [4.78, 5) is 31.0. The van der Waals surface area contributed by atoms with Gasteiger partial charge in [0.1, 0.15) is 5.82 Å². The molecule has 2 aliphatic heterocycles. The van der Waals surface area contributed by atoms with Gasteiger partial charge in [-0.05, 0) is 36.4 Å². The second-order valence-electron chi connectivity index (χ2n) is 8.64. The van der Waals surface area contributed by atoms with Crippen LogP contribution in [0.25, 0.3) is 0 Å². The average Bonchev–Trinajstić information content (AvgIpc) is 2.99. The number of benzene rings is 3. The van der Waals surface area contributed by atoms with Crippen molar-refractivity contribution in [1.82, 2.24) is 10.2 Å². The maximum absolute atomic E-state index is 14.5. The van der Waals surface area contributed by atoms with Crippen LogP contribution in [0.5, 0.6) is 0 Å². The van der Waals surface area contributed by atoms with Gasteiger partial charge in [0, 0.05) is 37.3 Å². The molecule has 0 spiro atoms. The van der Waals surface area contributed by atoms with Gasteiger partial charge in [-0.25, -0.2) is 8.60 Å². The molecule has 9 heteroatoms. The minimum atomic E-state index is -1.65. The SMILES string of the molecule is O=C(NCCN1CCOCC1)c1ccc2c(c1)N(Cc1ccccc1F)C(=O)c1ccccc1[S@]2=O. The number of nitrogens with one attached hydrogen (secondary N) is 1. The van der Waals surface area contributed by atoms with Crippen molar-refractivity contribution in [1.29, 1.82) is 0 Å². The number of rotatable bonds is 6. The van der Waals surface area contributed by atoms with Crippen LogP contribution in [-0.2, 0) is 22.1 Å². The smallest absolute Gasteiger partial charge is 0.259 e. The van der Waals surface area contributed by atoms with E-state index in [1.54, 1.807) is 60.7 Å². The number of fused-ring (bicyclic) bond motifs is 2. The van der Waals surface area contributed by atoms with Crippen LogP contribution in [-0.4, -0.2) is 60.3 Å². The minimum Gasteiger partial charge on any atom is -0.379 e. The first kappa shape index (κ1) is 24.3. The molecule has 36 heavy (non-hydrogen) atoms. The van der Waals surface area contributed by atoms with E-state index < -0.39 is 22.5 Å². The predicted molar refractivity (Wildman–Crippen MR) is 134 cm³/mol. The number of halogens is 1. The van der Waals surface area contributed by atoms with Crippen LogP contribution in [0.1, 0.15) is 26.3 Å². The number of morpholine rings is 1. The molecular weight excluding hydrogens is 481 g/mol. The molecule has 1 atom stereocenters. The monoisotopic (exact) mass is 507 g/mol. The lowest BCUT2D eigenvalue weighted by Gasteiger charge is -2.26. The van der Waals surface area contributed by atoms with E-state index in [9.17, 15) is 18.2 Å². The molecule has 1 N–H and O–H groups in total. The third-order valence-corrected chi connectivity index (χ3v) is 7.88. The summed E-state index contributed by atoms with van der Waals surface area (Å²) in [6.45, 7) is 4.13. The van der Waals surface area contributed by atoms with Crippen LogP contribution in [0.3, 0.4) is 0 Å². The lowest BCUT2D eigenvalue weighted by molar-refractivity contribution is 0.0383. The van der Waals surface area contributed by atoms with Crippen LogP contribution in [0.4, 0.5) is 10.1 Å². The first-order valence-corrected chi connectivity index (χ1v) is 13.0. The fourth-order valence-electron chi connectivity index (χ4n) is 4.41. The highest BCUT2D eigenvalue weighted by atomic mass is 32.2. The molecule has 0 unspecified atom stereocenters. The maximum Gasteiger partial charge on any atom is 0.259 e. The summed E-state index contributed by atoms with van der Waals surface area (Å²) in [5, 5.41) is 2.92. The molecule has 2 heterocycles.